The monoisotopic (exact) mass is 159 g/mol. The topological polar surface area (TPSA) is 77.8 Å². The number of hydrogen-bond acceptors (Lipinski definition) is 2. The lowest BCUT2D eigenvalue weighted by Crippen LogP contribution is -2.60. The molecular formula is C6H9NO4. The van der Waals surface area contributed by atoms with E-state index < -0.39 is 18.1 Å². The zero-order valence-electron chi connectivity index (χ0n) is 6.02. The molecule has 0 radical (unpaired) electrons. The van der Waals surface area contributed by atoms with Crippen molar-refractivity contribution in [1.82, 2.24) is 4.90 Å². The molecule has 0 aliphatic carbocycles. The molecule has 0 unspecified atom stereocenters. The summed E-state index contributed by atoms with van der Waals surface area (Å²) in [6.45, 7) is 2.05. The van der Waals surface area contributed by atoms with Crippen molar-refractivity contribution in [2.75, 3.05) is 6.54 Å². The van der Waals surface area contributed by atoms with Gasteiger partial charge >= 0.3 is 12.1 Å². The summed E-state index contributed by atoms with van der Waals surface area (Å²) < 4.78 is 0. The van der Waals surface area contributed by atoms with Gasteiger partial charge in [0.05, 0.1) is 0 Å². The molecule has 1 heterocycles. The summed E-state index contributed by atoms with van der Waals surface area (Å²) in [5.74, 6) is -1.13. The first-order valence-corrected chi connectivity index (χ1v) is 3.26. The molecule has 62 valence electrons. The first-order chi connectivity index (χ1) is 5.04. The number of rotatable bonds is 1. The lowest BCUT2D eigenvalue weighted by atomic mass is 9.91. The third-order valence-corrected chi connectivity index (χ3v) is 1.86. The lowest BCUT2D eigenvalue weighted by molar-refractivity contribution is -0.150. The van der Waals surface area contributed by atoms with E-state index in [4.69, 9.17) is 10.2 Å². The van der Waals surface area contributed by atoms with Crippen LogP contribution in [0.25, 0.3) is 0 Å². The summed E-state index contributed by atoms with van der Waals surface area (Å²) in [5.41, 5.74) is 0. The number of hydrogen-bond donors (Lipinski definition) is 2. The van der Waals surface area contributed by atoms with Crippen LogP contribution in [-0.4, -0.2) is 39.8 Å². The van der Waals surface area contributed by atoms with Gasteiger partial charge in [-0.1, -0.05) is 6.92 Å². The van der Waals surface area contributed by atoms with Crippen LogP contribution in [0.2, 0.25) is 0 Å². The zero-order valence-corrected chi connectivity index (χ0v) is 6.02. The predicted octanol–water partition coefficient (Wildman–Crippen LogP) is 0.0693. The van der Waals surface area contributed by atoms with Crippen LogP contribution in [-0.2, 0) is 4.79 Å². The first kappa shape index (κ1) is 7.84. The average molecular weight is 159 g/mol. The Morgan fingerprint density at radius 3 is 2.18 bits per heavy atom. The van der Waals surface area contributed by atoms with Crippen molar-refractivity contribution in [3.05, 3.63) is 0 Å². The van der Waals surface area contributed by atoms with Crippen LogP contribution in [0.1, 0.15) is 6.92 Å². The highest BCUT2D eigenvalue weighted by atomic mass is 16.4. The fraction of sp³-hybridized carbons (Fsp3) is 0.667. The van der Waals surface area contributed by atoms with E-state index in [9.17, 15) is 9.59 Å². The minimum atomic E-state index is -1.16. The molecule has 2 atom stereocenters. The molecule has 0 aromatic rings. The third kappa shape index (κ3) is 1.13. The van der Waals surface area contributed by atoms with Crippen molar-refractivity contribution in [2.24, 2.45) is 5.92 Å². The minimum Gasteiger partial charge on any atom is -0.480 e. The maximum atomic E-state index is 10.4. The number of aliphatic carboxylic acids is 1. The summed E-state index contributed by atoms with van der Waals surface area (Å²) in [5, 5.41) is 17.0. The van der Waals surface area contributed by atoms with E-state index in [-0.39, 0.29) is 5.92 Å². The lowest BCUT2D eigenvalue weighted by Gasteiger charge is -2.41. The van der Waals surface area contributed by atoms with E-state index in [0.29, 0.717) is 6.54 Å². The van der Waals surface area contributed by atoms with Crippen molar-refractivity contribution >= 4 is 12.1 Å². The molecule has 0 aromatic heterocycles. The van der Waals surface area contributed by atoms with Gasteiger partial charge < -0.3 is 10.2 Å². The van der Waals surface area contributed by atoms with E-state index in [1.165, 1.54) is 0 Å². The Kier molecular flexibility index (Phi) is 1.72. The van der Waals surface area contributed by atoms with E-state index in [2.05, 4.69) is 0 Å². The van der Waals surface area contributed by atoms with Crippen LogP contribution in [0.4, 0.5) is 4.79 Å². The molecule has 11 heavy (non-hydrogen) atoms. The number of amides is 1. The Morgan fingerprint density at radius 1 is 1.45 bits per heavy atom. The second-order valence-corrected chi connectivity index (χ2v) is 2.70. The minimum absolute atomic E-state index is 0.0661. The summed E-state index contributed by atoms with van der Waals surface area (Å²) in [6.07, 6.45) is -1.16. The summed E-state index contributed by atoms with van der Waals surface area (Å²) >= 11 is 0. The maximum Gasteiger partial charge on any atom is 0.408 e. The molecule has 5 heteroatoms. The Labute approximate surface area is 63.2 Å². The molecule has 0 spiro atoms. The molecule has 1 amide bonds. The Hall–Kier alpha value is -1.26. The number of carboxylic acids is 1. The molecule has 1 rings (SSSR count). The van der Waals surface area contributed by atoms with E-state index >= 15 is 0 Å². The molecular weight excluding hydrogens is 150 g/mol. The normalized spacial score (nSPS) is 29.4. The number of likely N-dealkylation sites (tertiary alicyclic amines) is 1. The van der Waals surface area contributed by atoms with Gasteiger partial charge in [-0.2, -0.15) is 0 Å². The van der Waals surface area contributed by atoms with Gasteiger partial charge in [0.25, 0.3) is 0 Å². The second-order valence-electron chi connectivity index (χ2n) is 2.70. The van der Waals surface area contributed by atoms with Gasteiger partial charge in [0.2, 0.25) is 0 Å². The Balaban J connectivity index is 2.62. The number of carboxylic acid groups (broad SMARTS) is 2. The predicted molar refractivity (Wildman–Crippen MR) is 35.3 cm³/mol. The second kappa shape index (κ2) is 2.41. The molecule has 1 aliphatic rings. The number of carbonyl (C=O) groups is 2. The average Bonchev–Trinajstić information content (AvgIpc) is 1.80. The highest BCUT2D eigenvalue weighted by Gasteiger charge is 2.44. The largest absolute Gasteiger partial charge is 0.480 e. The maximum absolute atomic E-state index is 10.4. The van der Waals surface area contributed by atoms with Crippen molar-refractivity contribution in [3.63, 3.8) is 0 Å². The molecule has 1 aliphatic heterocycles. The van der Waals surface area contributed by atoms with E-state index in [1.807, 2.05) is 0 Å². The summed E-state index contributed by atoms with van der Waals surface area (Å²) in [7, 11) is 0. The first-order valence-electron chi connectivity index (χ1n) is 3.26. The van der Waals surface area contributed by atoms with Gasteiger partial charge in [-0.05, 0) is 0 Å². The van der Waals surface area contributed by atoms with E-state index in [0.717, 1.165) is 4.90 Å². The van der Waals surface area contributed by atoms with Crippen molar-refractivity contribution in [2.45, 2.75) is 13.0 Å². The highest BCUT2D eigenvalue weighted by molar-refractivity contribution is 5.81. The number of nitrogens with zero attached hydrogens (tertiary/aromatic N) is 1. The van der Waals surface area contributed by atoms with Gasteiger partial charge in [0, 0.05) is 12.5 Å². The fourth-order valence-corrected chi connectivity index (χ4v) is 1.27. The molecule has 1 fully saturated rings. The van der Waals surface area contributed by atoms with Crippen LogP contribution >= 0.6 is 0 Å². The highest BCUT2D eigenvalue weighted by Crippen LogP contribution is 2.24. The van der Waals surface area contributed by atoms with Crippen LogP contribution in [0, 0.1) is 5.92 Å². The van der Waals surface area contributed by atoms with Crippen molar-refractivity contribution in [3.8, 4) is 0 Å². The summed E-state index contributed by atoms with van der Waals surface area (Å²) in [6, 6.07) is -0.840. The van der Waals surface area contributed by atoms with Crippen LogP contribution < -0.4 is 0 Å². The third-order valence-electron chi connectivity index (χ3n) is 1.86. The van der Waals surface area contributed by atoms with Crippen molar-refractivity contribution < 1.29 is 19.8 Å². The SMILES string of the molecule is C[C@@H]1CN(C(=O)O)[C@H]1C(=O)O. The molecule has 2 N–H and O–H groups in total. The molecule has 0 aromatic carbocycles. The van der Waals surface area contributed by atoms with Gasteiger partial charge in [-0.15, -0.1) is 0 Å². The molecule has 0 bridgehead atoms. The Bertz CT molecular complexity index is 203. The molecule has 1 saturated heterocycles. The van der Waals surface area contributed by atoms with Crippen LogP contribution in [0.15, 0.2) is 0 Å². The summed E-state index contributed by atoms with van der Waals surface area (Å²) in [4.78, 5) is 21.6. The van der Waals surface area contributed by atoms with Gasteiger partial charge in [0.1, 0.15) is 6.04 Å². The van der Waals surface area contributed by atoms with Crippen LogP contribution in [0.3, 0.4) is 0 Å². The van der Waals surface area contributed by atoms with E-state index in [1.54, 1.807) is 6.92 Å². The smallest absolute Gasteiger partial charge is 0.408 e. The van der Waals surface area contributed by atoms with Gasteiger partial charge in [-0.3, -0.25) is 4.90 Å². The standard InChI is InChI=1S/C6H9NO4/c1-3-2-7(6(10)11)4(3)5(8)9/h3-4H,2H2,1H3,(H,8,9)(H,10,11)/t3-,4-/m1/s1. The fourth-order valence-electron chi connectivity index (χ4n) is 1.27. The Morgan fingerprint density at radius 2 is 2.00 bits per heavy atom. The zero-order chi connectivity index (χ0) is 8.59. The molecule has 5 nitrogen and oxygen atoms in total. The molecule has 0 saturated carbocycles. The quantitative estimate of drug-likeness (QED) is 0.567. The van der Waals surface area contributed by atoms with Crippen molar-refractivity contribution in [1.29, 1.82) is 0 Å². The van der Waals surface area contributed by atoms with Gasteiger partial charge in [-0.25, -0.2) is 9.59 Å². The van der Waals surface area contributed by atoms with Crippen LogP contribution in [0.5, 0.6) is 0 Å². The van der Waals surface area contributed by atoms with Gasteiger partial charge in [0.15, 0.2) is 0 Å².